The van der Waals surface area contributed by atoms with Crippen molar-refractivity contribution in [2.45, 2.75) is 19.9 Å². The average molecular weight is 265 g/mol. The summed E-state index contributed by atoms with van der Waals surface area (Å²) in [6.45, 7) is 4.10. The summed E-state index contributed by atoms with van der Waals surface area (Å²) in [6.07, 6.45) is 0. The number of amides is 2. The first-order valence-electron chi connectivity index (χ1n) is 6.05. The maximum Gasteiger partial charge on any atom is 0.271 e. The molecule has 7 heteroatoms. The predicted octanol–water partition coefficient (Wildman–Crippen LogP) is 0.115. The molecule has 1 atom stereocenters. The molecule has 1 aromatic heterocycles. The molecule has 0 aliphatic carbocycles. The van der Waals surface area contributed by atoms with Crippen LogP contribution >= 0.6 is 0 Å². The van der Waals surface area contributed by atoms with Crippen molar-refractivity contribution in [2.24, 2.45) is 0 Å². The van der Waals surface area contributed by atoms with Crippen LogP contribution in [-0.4, -0.2) is 53.6 Å². The fourth-order valence-electron chi connectivity index (χ4n) is 1.45. The molecule has 1 rings (SSSR count). The van der Waals surface area contributed by atoms with Crippen molar-refractivity contribution in [3.8, 4) is 0 Å². The quantitative estimate of drug-likeness (QED) is 0.789. The van der Waals surface area contributed by atoms with Crippen LogP contribution in [0.4, 0.5) is 5.82 Å². The molecule has 0 aromatic carbocycles. The number of hydrogen-bond acceptors (Lipinski definition) is 5. The van der Waals surface area contributed by atoms with E-state index in [4.69, 9.17) is 0 Å². The third-order valence-corrected chi connectivity index (χ3v) is 2.41. The maximum absolute atomic E-state index is 11.7. The van der Waals surface area contributed by atoms with Crippen LogP contribution in [-0.2, 0) is 4.79 Å². The molecule has 19 heavy (non-hydrogen) atoms. The van der Waals surface area contributed by atoms with Gasteiger partial charge >= 0.3 is 0 Å². The van der Waals surface area contributed by atoms with E-state index in [1.165, 1.54) is 4.90 Å². The van der Waals surface area contributed by atoms with E-state index in [1.54, 1.807) is 33.2 Å². The normalized spacial score (nSPS) is 11.6. The third-order valence-electron chi connectivity index (χ3n) is 2.41. The van der Waals surface area contributed by atoms with Gasteiger partial charge in [0.05, 0.1) is 0 Å². The van der Waals surface area contributed by atoms with E-state index in [2.05, 4.69) is 20.8 Å². The smallest absolute Gasteiger partial charge is 0.271 e. The third kappa shape index (κ3) is 4.20. The van der Waals surface area contributed by atoms with Gasteiger partial charge in [-0.05, 0) is 26.0 Å². The number of likely N-dealkylation sites (N-methyl/N-ethyl adjacent to an activating group) is 1. The predicted molar refractivity (Wildman–Crippen MR) is 71.8 cm³/mol. The largest absolute Gasteiger partial charge is 0.357 e. The van der Waals surface area contributed by atoms with Gasteiger partial charge in [0.1, 0.15) is 11.9 Å². The highest BCUT2D eigenvalue weighted by Crippen LogP contribution is 2.05. The molecule has 0 radical (unpaired) electrons. The number of carbonyl (C=O) groups excluding carboxylic acids is 2. The Morgan fingerprint density at radius 1 is 1.32 bits per heavy atom. The highest BCUT2D eigenvalue weighted by Gasteiger charge is 2.15. The van der Waals surface area contributed by atoms with E-state index < -0.39 is 6.04 Å². The molecule has 104 valence electrons. The summed E-state index contributed by atoms with van der Waals surface area (Å²) in [7, 11) is 3.37. The second-order valence-electron chi connectivity index (χ2n) is 4.26. The van der Waals surface area contributed by atoms with Crippen LogP contribution in [0.15, 0.2) is 12.1 Å². The zero-order valence-corrected chi connectivity index (χ0v) is 11.6. The van der Waals surface area contributed by atoms with Crippen LogP contribution < -0.4 is 10.6 Å². The summed E-state index contributed by atoms with van der Waals surface area (Å²) >= 11 is 0. The second kappa shape index (κ2) is 6.67. The Balaban J connectivity index is 2.67. The second-order valence-corrected chi connectivity index (χ2v) is 4.26. The summed E-state index contributed by atoms with van der Waals surface area (Å²) in [5.41, 5.74) is 0.249. The van der Waals surface area contributed by atoms with E-state index in [0.717, 1.165) is 0 Å². The topological polar surface area (TPSA) is 87.2 Å². The molecule has 0 saturated carbocycles. The van der Waals surface area contributed by atoms with Crippen molar-refractivity contribution < 1.29 is 9.59 Å². The highest BCUT2D eigenvalue weighted by molar-refractivity contribution is 5.92. The van der Waals surface area contributed by atoms with Gasteiger partial charge in [0.25, 0.3) is 5.91 Å². The Morgan fingerprint density at radius 3 is 2.47 bits per heavy atom. The lowest BCUT2D eigenvalue weighted by atomic mass is 10.3. The van der Waals surface area contributed by atoms with Crippen LogP contribution in [0.3, 0.4) is 0 Å². The number of nitrogens with one attached hydrogen (secondary N) is 2. The minimum Gasteiger partial charge on any atom is -0.357 e. The SMILES string of the molecule is CCNC(=O)c1ccc(NC(C)C(=O)N(C)C)nn1. The summed E-state index contributed by atoms with van der Waals surface area (Å²) in [5.74, 6) is 0.129. The first-order valence-corrected chi connectivity index (χ1v) is 6.05. The van der Waals surface area contributed by atoms with E-state index in [0.29, 0.717) is 12.4 Å². The van der Waals surface area contributed by atoms with Gasteiger partial charge in [0.2, 0.25) is 5.91 Å². The zero-order chi connectivity index (χ0) is 14.4. The summed E-state index contributed by atoms with van der Waals surface area (Å²) in [4.78, 5) is 24.6. The van der Waals surface area contributed by atoms with Crippen LogP contribution in [0.2, 0.25) is 0 Å². The van der Waals surface area contributed by atoms with Gasteiger partial charge in [0.15, 0.2) is 5.69 Å². The number of aromatic nitrogens is 2. The van der Waals surface area contributed by atoms with Crippen molar-refractivity contribution in [1.82, 2.24) is 20.4 Å². The number of anilines is 1. The van der Waals surface area contributed by atoms with Gasteiger partial charge in [-0.3, -0.25) is 9.59 Å². The van der Waals surface area contributed by atoms with Crippen molar-refractivity contribution in [2.75, 3.05) is 26.0 Å². The molecule has 1 heterocycles. The van der Waals surface area contributed by atoms with Crippen LogP contribution in [0.25, 0.3) is 0 Å². The lowest BCUT2D eigenvalue weighted by Gasteiger charge is -2.18. The summed E-state index contributed by atoms with van der Waals surface area (Å²) in [5, 5.41) is 13.2. The Kier molecular flexibility index (Phi) is 5.23. The van der Waals surface area contributed by atoms with Gasteiger partial charge in [-0.15, -0.1) is 10.2 Å². The van der Waals surface area contributed by atoms with Crippen molar-refractivity contribution in [1.29, 1.82) is 0 Å². The molecular formula is C12H19N5O2. The van der Waals surface area contributed by atoms with E-state index in [1.807, 2.05) is 6.92 Å². The van der Waals surface area contributed by atoms with Crippen molar-refractivity contribution in [3.63, 3.8) is 0 Å². The maximum atomic E-state index is 11.7. The van der Waals surface area contributed by atoms with Gasteiger partial charge in [-0.2, -0.15) is 0 Å². The van der Waals surface area contributed by atoms with Gasteiger partial charge < -0.3 is 15.5 Å². The molecule has 0 aliphatic rings. The van der Waals surface area contributed by atoms with E-state index in [9.17, 15) is 9.59 Å². The molecule has 1 aromatic rings. The Labute approximate surface area is 112 Å². The molecular weight excluding hydrogens is 246 g/mol. The molecule has 0 spiro atoms. The number of carbonyl (C=O) groups is 2. The lowest BCUT2D eigenvalue weighted by molar-refractivity contribution is -0.129. The fourth-order valence-corrected chi connectivity index (χ4v) is 1.45. The lowest BCUT2D eigenvalue weighted by Crippen LogP contribution is -2.37. The van der Waals surface area contributed by atoms with E-state index >= 15 is 0 Å². The number of nitrogens with zero attached hydrogens (tertiary/aromatic N) is 3. The van der Waals surface area contributed by atoms with Gasteiger partial charge in [0, 0.05) is 20.6 Å². The monoisotopic (exact) mass is 265 g/mol. The highest BCUT2D eigenvalue weighted by atomic mass is 16.2. The molecule has 2 N–H and O–H groups in total. The van der Waals surface area contributed by atoms with Crippen LogP contribution in [0.1, 0.15) is 24.3 Å². The minimum atomic E-state index is -0.403. The number of hydrogen-bond donors (Lipinski definition) is 2. The summed E-state index contributed by atoms with van der Waals surface area (Å²) < 4.78 is 0. The molecule has 0 fully saturated rings. The van der Waals surface area contributed by atoms with Gasteiger partial charge in [-0.1, -0.05) is 0 Å². The van der Waals surface area contributed by atoms with Crippen LogP contribution in [0.5, 0.6) is 0 Å². The molecule has 0 aliphatic heterocycles. The first kappa shape index (κ1) is 14.9. The Morgan fingerprint density at radius 2 is 2.00 bits per heavy atom. The number of rotatable bonds is 5. The van der Waals surface area contributed by atoms with Crippen LogP contribution in [0, 0.1) is 0 Å². The zero-order valence-electron chi connectivity index (χ0n) is 11.6. The molecule has 0 saturated heterocycles. The molecule has 7 nitrogen and oxygen atoms in total. The fraction of sp³-hybridized carbons (Fsp3) is 0.500. The minimum absolute atomic E-state index is 0.0606. The molecule has 2 amide bonds. The average Bonchev–Trinajstić information content (AvgIpc) is 2.38. The standard InChI is InChI=1S/C12H19N5O2/c1-5-13-11(18)9-6-7-10(16-15-9)14-8(2)12(19)17(3)4/h6-8H,5H2,1-4H3,(H,13,18)(H,14,16). The molecule has 1 unspecified atom stereocenters. The summed E-state index contributed by atoms with van der Waals surface area (Å²) in [6, 6.07) is 2.78. The Bertz CT molecular complexity index is 444. The van der Waals surface area contributed by atoms with Crippen molar-refractivity contribution >= 4 is 17.6 Å². The van der Waals surface area contributed by atoms with Gasteiger partial charge in [-0.25, -0.2) is 0 Å². The van der Waals surface area contributed by atoms with E-state index in [-0.39, 0.29) is 17.5 Å². The Hall–Kier alpha value is -2.18. The van der Waals surface area contributed by atoms with Crippen molar-refractivity contribution in [3.05, 3.63) is 17.8 Å². The molecule has 0 bridgehead atoms. The first-order chi connectivity index (χ1) is 8.95.